The summed E-state index contributed by atoms with van der Waals surface area (Å²) >= 11 is 0. The fraction of sp³-hybridized carbons (Fsp3) is 0.423. The van der Waals surface area contributed by atoms with E-state index < -0.39 is 0 Å². The lowest BCUT2D eigenvalue weighted by molar-refractivity contribution is 0.0672. The Morgan fingerprint density at radius 2 is 1.65 bits per heavy atom. The molecule has 0 bridgehead atoms. The Labute approximate surface area is 185 Å². The summed E-state index contributed by atoms with van der Waals surface area (Å²) in [6, 6.07) is 12.0. The second kappa shape index (κ2) is 11.4. The second-order valence-corrected chi connectivity index (χ2v) is 7.90. The number of allylic oxidation sites excluding steroid dienone is 1. The van der Waals surface area contributed by atoms with Gasteiger partial charge in [-0.05, 0) is 93.1 Å². The van der Waals surface area contributed by atoms with Crippen molar-refractivity contribution in [2.45, 2.75) is 58.7 Å². The van der Waals surface area contributed by atoms with E-state index >= 15 is 0 Å². The summed E-state index contributed by atoms with van der Waals surface area (Å²) in [5, 5.41) is 3.78. The Balaban J connectivity index is 1.59. The maximum atomic E-state index is 6.45. The van der Waals surface area contributed by atoms with Crippen LogP contribution in [0.1, 0.15) is 49.3 Å². The zero-order valence-corrected chi connectivity index (χ0v) is 19.0. The third kappa shape index (κ3) is 6.78. The predicted octanol–water partition coefficient (Wildman–Crippen LogP) is 6.01. The van der Waals surface area contributed by atoms with Crippen LogP contribution in [0.5, 0.6) is 17.2 Å². The van der Waals surface area contributed by atoms with Crippen LogP contribution in [0, 0.1) is 13.8 Å². The molecule has 3 rings (SSSR count). The molecule has 166 valence electrons. The van der Waals surface area contributed by atoms with Crippen LogP contribution in [0.25, 0.3) is 0 Å². The van der Waals surface area contributed by atoms with Gasteiger partial charge in [0.05, 0.1) is 6.21 Å². The van der Waals surface area contributed by atoms with Crippen LogP contribution in [0.3, 0.4) is 0 Å². The molecule has 0 heterocycles. The molecule has 5 nitrogen and oxygen atoms in total. The normalized spacial score (nSPS) is 19.0. The second-order valence-electron chi connectivity index (χ2n) is 7.90. The van der Waals surface area contributed by atoms with Crippen molar-refractivity contribution < 1.29 is 19.0 Å². The number of ether oxygens (including phenoxy) is 3. The smallest absolute Gasteiger partial charge is 0.125 e. The van der Waals surface area contributed by atoms with E-state index in [0.717, 1.165) is 59.6 Å². The molecule has 0 amide bonds. The molecule has 0 radical (unpaired) electrons. The SMILES string of the molecule is C/C=C/COc1cc(C)c(OC2CCCC(Oc3ccc(/C=N\OC)cc3)C2)c(C)c1. The molecule has 0 N–H and O–H groups in total. The van der Waals surface area contributed by atoms with Gasteiger partial charge in [0.1, 0.15) is 43.2 Å². The van der Waals surface area contributed by atoms with E-state index in [9.17, 15) is 0 Å². The summed E-state index contributed by atoms with van der Waals surface area (Å²) in [5.41, 5.74) is 3.18. The molecule has 0 aromatic heterocycles. The summed E-state index contributed by atoms with van der Waals surface area (Å²) in [6.45, 7) is 6.73. The minimum absolute atomic E-state index is 0.152. The van der Waals surface area contributed by atoms with Crippen molar-refractivity contribution in [3.63, 3.8) is 0 Å². The Kier molecular flexibility index (Phi) is 8.39. The van der Waals surface area contributed by atoms with Gasteiger partial charge in [0.2, 0.25) is 0 Å². The molecule has 2 aromatic rings. The zero-order chi connectivity index (χ0) is 22.1. The van der Waals surface area contributed by atoms with Crippen molar-refractivity contribution in [2.75, 3.05) is 13.7 Å². The van der Waals surface area contributed by atoms with Crippen molar-refractivity contribution in [1.82, 2.24) is 0 Å². The molecule has 0 spiro atoms. The van der Waals surface area contributed by atoms with Gasteiger partial charge >= 0.3 is 0 Å². The molecule has 0 aliphatic heterocycles. The highest BCUT2D eigenvalue weighted by Crippen LogP contribution is 2.33. The lowest BCUT2D eigenvalue weighted by atomic mass is 9.94. The number of aryl methyl sites for hydroxylation is 2. The van der Waals surface area contributed by atoms with Gasteiger partial charge in [-0.2, -0.15) is 0 Å². The van der Waals surface area contributed by atoms with Crippen LogP contribution >= 0.6 is 0 Å². The average Bonchev–Trinajstić information content (AvgIpc) is 2.76. The van der Waals surface area contributed by atoms with E-state index in [0.29, 0.717) is 6.61 Å². The summed E-state index contributed by atoms with van der Waals surface area (Å²) in [6.07, 6.45) is 10.0. The van der Waals surface area contributed by atoms with Gasteiger partial charge in [-0.3, -0.25) is 0 Å². The molecular formula is C26H33NO4. The molecule has 5 heteroatoms. The molecular weight excluding hydrogens is 390 g/mol. The molecule has 31 heavy (non-hydrogen) atoms. The number of hydrogen-bond acceptors (Lipinski definition) is 5. The van der Waals surface area contributed by atoms with Gasteiger partial charge < -0.3 is 19.0 Å². The topological polar surface area (TPSA) is 49.3 Å². The van der Waals surface area contributed by atoms with Crippen molar-refractivity contribution in [1.29, 1.82) is 0 Å². The summed E-state index contributed by atoms with van der Waals surface area (Å²) in [4.78, 5) is 4.72. The maximum absolute atomic E-state index is 6.45. The Hall–Kier alpha value is -2.95. The van der Waals surface area contributed by atoms with E-state index in [-0.39, 0.29) is 12.2 Å². The quantitative estimate of drug-likeness (QED) is 0.282. The van der Waals surface area contributed by atoms with Crippen LogP contribution in [0.15, 0.2) is 53.7 Å². The first-order valence-electron chi connectivity index (χ1n) is 10.9. The number of rotatable bonds is 9. The standard InChI is InChI=1S/C26H33NO4/c1-5-6-14-29-25-15-19(2)26(20(3)16-25)31-24-9-7-8-23(17-24)30-22-12-10-21(11-13-22)18-27-28-4/h5-6,10-13,15-16,18,23-24H,7-9,14,17H2,1-4H3/b6-5+,27-18-. The minimum atomic E-state index is 0.152. The largest absolute Gasteiger partial charge is 0.490 e. The third-order valence-electron chi connectivity index (χ3n) is 5.37. The lowest BCUT2D eigenvalue weighted by Gasteiger charge is -2.31. The number of nitrogens with zero attached hydrogens (tertiary/aromatic N) is 1. The van der Waals surface area contributed by atoms with Crippen LogP contribution in [0.2, 0.25) is 0 Å². The molecule has 2 unspecified atom stereocenters. The van der Waals surface area contributed by atoms with E-state index in [1.165, 1.54) is 7.11 Å². The van der Waals surface area contributed by atoms with Gasteiger partial charge in [0.15, 0.2) is 0 Å². The van der Waals surface area contributed by atoms with Gasteiger partial charge in [-0.25, -0.2) is 0 Å². The molecule has 1 saturated carbocycles. The van der Waals surface area contributed by atoms with Crippen LogP contribution in [-0.2, 0) is 4.84 Å². The van der Waals surface area contributed by atoms with E-state index in [1.54, 1.807) is 6.21 Å². The maximum Gasteiger partial charge on any atom is 0.125 e. The third-order valence-corrected chi connectivity index (χ3v) is 5.37. The van der Waals surface area contributed by atoms with Crippen molar-refractivity contribution in [3.8, 4) is 17.2 Å². The first kappa shape index (κ1) is 22.7. The van der Waals surface area contributed by atoms with Crippen molar-refractivity contribution in [2.24, 2.45) is 5.16 Å². The number of hydrogen-bond donors (Lipinski definition) is 0. The highest BCUT2D eigenvalue weighted by Gasteiger charge is 2.26. The summed E-state index contributed by atoms with van der Waals surface area (Å²) in [5.74, 6) is 2.71. The number of oxime groups is 1. The first-order chi connectivity index (χ1) is 15.1. The van der Waals surface area contributed by atoms with Gasteiger partial charge in [-0.15, -0.1) is 0 Å². The first-order valence-corrected chi connectivity index (χ1v) is 10.9. The van der Waals surface area contributed by atoms with Crippen molar-refractivity contribution in [3.05, 3.63) is 65.2 Å². The van der Waals surface area contributed by atoms with Gasteiger partial charge in [0, 0.05) is 6.42 Å². The van der Waals surface area contributed by atoms with Crippen molar-refractivity contribution >= 4 is 6.21 Å². The van der Waals surface area contributed by atoms with E-state index in [1.807, 2.05) is 43.3 Å². The molecule has 0 saturated heterocycles. The van der Waals surface area contributed by atoms with E-state index in [4.69, 9.17) is 19.0 Å². The fourth-order valence-corrected chi connectivity index (χ4v) is 3.84. The van der Waals surface area contributed by atoms with Crippen LogP contribution in [0.4, 0.5) is 0 Å². The Bertz CT molecular complexity index is 866. The predicted molar refractivity (Wildman–Crippen MR) is 125 cm³/mol. The van der Waals surface area contributed by atoms with E-state index in [2.05, 4.69) is 31.1 Å². The zero-order valence-electron chi connectivity index (χ0n) is 19.0. The molecule has 1 fully saturated rings. The summed E-state index contributed by atoms with van der Waals surface area (Å²) in [7, 11) is 1.53. The number of benzene rings is 2. The highest BCUT2D eigenvalue weighted by molar-refractivity contribution is 5.79. The van der Waals surface area contributed by atoms with Gasteiger partial charge in [0.25, 0.3) is 0 Å². The van der Waals surface area contributed by atoms with Gasteiger partial charge in [-0.1, -0.05) is 17.3 Å². The average molecular weight is 424 g/mol. The Morgan fingerprint density at radius 1 is 0.968 bits per heavy atom. The highest BCUT2D eigenvalue weighted by atomic mass is 16.6. The monoisotopic (exact) mass is 423 g/mol. The molecule has 2 aromatic carbocycles. The van der Waals surface area contributed by atoms with Crippen LogP contribution in [-0.4, -0.2) is 32.1 Å². The Morgan fingerprint density at radius 3 is 2.29 bits per heavy atom. The molecule has 1 aliphatic carbocycles. The lowest BCUT2D eigenvalue weighted by Crippen LogP contribution is -2.32. The fourth-order valence-electron chi connectivity index (χ4n) is 3.84. The molecule has 1 aliphatic rings. The molecule has 2 atom stereocenters. The van der Waals surface area contributed by atoms with Crippen LogP contribution < -0.4 is 14.2 Å². The summed E-state index contributed by atoms with van der Waals surface area (Å²) < 4.78 is 18.5. The minimum Gasteiger partial charge on any atom is -0.490 e.